The van der Waals surface area contributed by atoms with Crippen molar-refractivity contribution in [2.45, 2.75) is 52.2 Å². The van der Waals surface area contributed by atoms with E-state index in [1.54, 1.807) is 0 Å². The molecule has 0 spiro atoms. The van der Waals surface area contributed by atoms with Gasteiger partial charge in [-0.15, -0.1) is 0 Å². The third-order valence-electron chi connectivity index (χ3n) is 4.72. The van der Waals surface area contributed by atoms with Crippen LogP contribution in [-0.4, -0.2) is 80.0 Å². The Morgan fingerprint density at radius 3 is 2.58 bits per heavy atom. The van der Waals surface area contributed by atoms with Crippen molar-refractivity contribution < 1.29 is 14.3 Å². The highest BCUT2D eigenvalue weighted by molar-refractivity contribution is 5.68. The van der Waals surface area contributed by atoms with Gasteiger partial charge >= 0.3 is 6.09 Å². The molecule has 0 aromatic rings. The van der Waals surface area contributed by atoms with E-state index >= 15 is 0 Å². The summed E-state index contributed by atoms with van der Waals surface area (Å²) in [6, 6.07) is 0.600. The summed E-state index contributed by atoms with van der Waals surface area (Å²) >= 11 is 0. The van der Waals surface area contributed by atoms with E-state index in [9.17, 15) is 4.79 Å². The number of rotatable bonds is 5. The molecule has 1 amide bonds. The molecule has 0 aliphatic carbocycles. The van der Waals surface area contributed by atoms with E-state index in [1.807, 2.05) is 25.7 Å². The zero-order chi connectivity index (χ0) is 17.6. The second kappa shape index (κ2) is 9.02. The number of piperazine rings is 1. The van der Waals surface area contributed by atoms with Gasteiger partial charge in [0.25, 0.3) is 0 Å². The van der Waals surface area contributed by atoms with E-state index in [0.717, 1.165) is 65.3 Å². The Labute approximate surface area is 146 Å². The number of amides is 1. The first-order valence-electron chi connectivity index (χ1n) is 9.36. The lowest BCUT2D eigenvalue weighted by molar-refractivity contribution is 0.0142. The van der Waals surface area contributed by atoms with Crippen molar-refractivity contribution in [3.63, 3.8) is 0 Å². The molecule has 6 heteroatoms. The van der Waals surface area contributed by atoms with Gasteiger partial charge in [0.05, 0.1) is 6.61 Å². The topological polar surface area (TPSA) is 54.0 Å². The molecule has 0 aromatic carbocycles. The maximum absolute atomic E-state index is 12.1. The minimum atomic E-state index is -0.415. The van der Waals surface area contributed by atoms with E-state index < -0.39 is 5.60 Å². The van der Waals surface area contributed by atoms with E-state index in [2.05, 4.69) is 17.1 Å². The highest BCUT2D eigenvalue weighted by atomic mass is 16.6. The molecule has 0 aromatic heterocycles. The first kappa shape index (κ1) is 19.5. The van der Waals surface area contributed by atoms with Gasteiger partial charge in [-0.1, -0.05) is 6.92 Å². The van der Waals surface area contributed by atoms with Gasteiger partial charge in [0.2, 0.25) is 0 Å². The van der Waals surface area contributed by atoms with Crippen LogP contribution in [-0.2, 0) is 9.47 Å². The molecule has 0 radical (unpaired) electrons. The number of hydrogen-bond acceptors (Lipinski definition) is 5. The first-order chi connectivity index (χ1) is 11.3. The molecule has 6 nitrogen and oxygen atoms in total. The van der Waals surface area contributed by atoms with Gasteiger partial charge in [-0.05, 0) is 52.6 Å². The summed E-state index contributed by atoms with van der Waals surface area (Å²) in [6.45, 7) is 15.3. The molecular formula is C18H35N3O3. The van der Waals surface area contributed by atoms with E-state index in [1.165, 1.54) is 0 Å². The lowest BCUT2D eigenvalue weighted by Gasteiger charge is -2.35. The number of carbonyl (C=O) groups is 1. The molecule has 2 unspecified atom stereocenters. The van der Waals surface area contributed by atoms with E-state index in [-0.39, 0.29) is 6.09 Å². The summed E-state index contributed by atoms with van der Waals surface area (Å²) in [6.07, 6.45) is 2.09. The van der Waals surface area contributed by atoms with Crippen molar-refractivity contribution >= 4 is 6.09 Å². The van der Waals surface area contributed by atoms with Crippen LogP contribution in [0.25, 0.3) is 0 Å². The predicted molar refractivity (Wildman–Crippen MR) is 95.3 cm³/mol. The molecular weight excluding hydrogens is 306 g/mol. The Morgan fingerprint density at radius 1 is 1.25 bits per heavy atom. The van der Waals surface area contributed by atoms with Crippen LogP contribution in [0.15, 0.2) is 0 Å². The van der Waals surface area contributed by atoms with Crippen LogP contribution in [0.4, 0.5) is 4.79 Å². The summed E-state index contributed by atoms with van der Waals surface area (Å²) in [7, 11) is 0. The number of hydrogen-bond donors (Lipinski definition) is 1. The zero-order valence-electron chi connectivity index (χ0n) is 15.8. The third kappa shape index (κ3) is 6.57. The van der Waals surface area contributed by atoms with Crippen LogP contribution < -0.4 is 5.32 Å². The van der Waals surface area contributed by atoms with Crippen LogP contribution in [0.2, 0.25) is 0 Å². The quantitative estimate of drug-likeness (QED) is 0.775. The fraction of sp³-hybridized carbons (Fsp3) is 0.944. The van der Waals surface area contributed by atoms with Crippen molar-refractivity contribution in [3.8, 4) is 0 Å². The fourth-order valence-corrected chi connectivity index (χ4v) is 3.25. The summed E-state index contributed by atoms with van der Waals surface area (Å²) in [5, 5.41) is 3.67. The summed E-state index contributed by atoms with van der Waals surface area (Å²) < 4.78 is 10.9. The second-order valence-electron chi connectivity index (χ2n) is 8.06. The molecule has 2 fully saturated rings. The van der Waals surface area contributed by atoms with Crippen molar-refractivity contribution in [2.24, 2.45) is 5.92 Å². The van der Waals surface area contributed by atoms with Crippen LogP contribution in [0.1, 0.15) is 40.5 Å². The monoisotopic (exact) mass is 341 g/mol. The summed E-state index contributed by atoms with van der Waals surface area (Å²) in [5.41, 5.74) is -0.415. The lowest BCUT2D eigenvalue weighted by atomic mass is 9.98. The molecule has 24 heavy (non-hydrogen) atoms. The number of nitrogens with one attached hydrogen (secondary N) is 1. The van der Waals surface area contributed by atoms with Gasteiger partial charge < -0.3 is 19.7 Å². The van der Waals surface area contributed by atoms with Crippen LogP contribution >= 0.6 is 0 Å². The molecule has 2 heterocycles. The van der Waals surface area contributed by atoms with Crippen molar-refractivity contribution in [3.05, 3.63) is 0 Å². The molecule has 2 aliphatic rings. The maximum atomic E-state index is 12.1. The van der Waals surface area contributed by atoms with Gasteiger partial charge in [-0.2, -0.15) is 0 Å². The SMILES string of the molecule is CC1COCCC1NCCCN1CCN(C(=O)OC(C)(C)C)CC1. The molecule has 2 rings (SSSR count). The standard InChI is InChI=1S/C18H35N3O3/c1-15-14-23-13-6-16(15)19-7-5-8-20-9-11-21(12-10-20)17(22)24-18(2,3)4/h15-16,19H,5-14H2,1-4H3. The van der Waals surface area contributed by atoms with Crippen molar-refractivity contribution in [2.75, 3.05) is 52.5 Å². The Hall–Kier alpha value is -0.850. The van der Waals surface area contributed by atoms with Crippen LogP contribution in [0.3, 0.4) is 0 Å². The zero-order valence-corrected chi connectivity index (χ0v) is 15.8. The molecule has 140 valence electrons. The number of carbonyl (C=O) groups excluding carboxylic acids is 1. The molecule has 1 N–H and O–H groups in total. The average Bonchev–Trinajstić information content (AvgIpc) is 2.52. The van der Waals surface area contributed by atoms with Gasteiger partial charge in [-0.25, -0.2) is 4.79 Å². The van der Waals surface area contributed by atoms with E-state index in [0.29, 0.717) is 12.0 Å². The predicted octanol–water partition coefficient (Wildman–Crippen LogP) is 1.94. The number of ether oxygens (including phenoxy) is 2. The van der Waals surface area contributed by atoms with Gasteiger partial charge in [0.15, 0.2) is 0 Å². The Morgan fingerprint density at radius 2 is 1.96 bits per heavy atom. The first-order valence-corrected chi connectivity index (χ1v) is 9.36. The Balaban J connectivity index is 1.57. The summed E-state index contributed by atoms with van der Waals surface area (Å²) in [5.74, 6) is 0.608. The average molecular weight is 341 g/mol. The molecule has 0 bridgehead atoms. The highest BCUT2D eigenvalue weighted by Crippen LogP contribution is 2.14. The summed E-state index contributed by atoms with van der Waals surface area (Å²) in [4.78, 5) is 16.3. The second-order valence-corrected chi connectivity index (χ2v) is 8.06. The van der Waals surface area contributed by atoms with Crippen LogP contribution in [0, 0.1) is 5.92 Å². The highest BCUT2D eigenvalue weighted by Gasteiger charge is 2.26. The molecule has 2 aliphatic heterocycles. The normalized spacial score (nSPS) is 26.4. The van der Waals surface area contributed by atoms with Crippen molar-refractivity contribution in [1.82, 2.24) is 15.1 Å². The third-order valence-corrected chi connectivity index (χ3v) is 4.72. The number of nitrogens with zero attached hydrogens (tertiary/aromatic N) is 2. The van der Waals surface area contributed by atoms with Crippen molar-refractivity contribution in [1.29, 1.82) is 0 Å². The van der Waals surface area contributed by atoms with Crippen LogP contribution in [0.5, 0.6) is 0 Å². The van der Waals surface area contributed by atoms with E-state index in [4.69, 9.17) is 9.47 Å². The van der Waals surface area contributed by atoms with Gasteiger partial charge in [-0.3, -0.25) is 4.90 Å². The minimum absolute atomic E-state index is 0.183. The fourth-order valence-electron chi connectivity index (χ4n) is 3.25. The minimum Gasteiger partial charge on any atom is -0.444 e. The molecule has 2 saturated heterocycles. The largest absolute Gasteiger partial charge is 0.444 e. The van der Waals surface area contributed by atoms with Gasteiger partial charge in [0.1, 0.15) is 5.60 Å². The maximum Gasteiger partial charge on any atom is 0.410 e. The smallest absolute Gasteiger partial charge is 0.410 e. The lowest BCUT2D eigenvalue weighted by Crippen LogP contribution is -2.50. The molecule has 2 atom stereocenters. The molecule has 0 saturated carbocycles. The Bertz CT molecular complexity index is 389. The van der Waals surface area contributed by atoms with Gasteiger partial charge in [0, 0.05) is 38.8 Å². The Kier molecular flexibility index (Phi) is 7.32.